The summed E-state index contributed by atoms with van der Waals surface area (Å²) in [4.78, 5) is 3.92. The lowest BCUT2D eigenvalue weighted by Gasteiger charge is -2.26. The van der Waals surface area contributed by atoms with E-state index in [0.29, 0.717) is 0 Å². The van der Waals surface area contributed by atoms with Crippen LogP contribution < -0.4 is 5.32 Å². The zero-order valence-corrected chi connectivity index (χ0v) is 11.6. The Labute approximate surface area is 109 Å². The minimum absolute atomic E-state index is 0.722. The van der Waals surface area contributed by atoms with Gasteiger partial charge in [0.2, 0.25) is 0 Å². The van der Waals surface area contributed by atoms with Gasteiger partial charge in [-0.1, -0.05) is 19.1 Å². The number of nitrogens with zero attached hydrogens (tertiary/aromatic N) is 1. The third-order valence-electron chi connectivity index (χ3n) is 3.50. The maximum absolute atomic E-state index is 3.45. The summed E-state index contributed by atoms with van der Waals surface area (Å²) < 4.78 is 0. The molecule has 2 nitrogen and oxygen atoms in total. The Hall–Kier alpha value is -0.510. The zero-order chi connectivity index (χ0) is 12.1. The van der Waals surface area contributed by atoms with Crippen molar-refractivity contribution in [2.24, 2.45) is 0 Å². The predicted octanol–water partition coefficient (Wildman–Crippen LogP) is 2.59. The number of thioether (sulfide) groups is 1. The molecule has 1 unspecified atom stereocenters. The Bertz CT molecular complexity index is 331. The highest BCUT2D eigenvalue weighted by Crippen LogP contribution is 2.17. The first kappa shape index (κ1) is 12.9. The van der Waals surface area contributed by atoms with E-state index in [0.717, 1.165) is 25.7 Å². The largest absolute Gasteiger partial charge is 0.315 e. The first-order valence-corrected chi connectivity index (χ1v) is 7.63. The predicted molar refractivity (Wildman–Crippen MR) is 75.6 cm³/mol. The van der Waals surface area contributed by atoms with E-state index >= 15 is 0 Å². The Morgan fingerprint density at radius 1 is 1.35 bits per heavy atom. The third-order valence-corrected chi connectivity index (χ3v) is 4.25. The number of benzene rings is 1. The lowest BCUT2D eigenvalue weighted by atomic mass is 10.1. The monoisotopic (exact) mass is 250 g/mol. The van der Waals surface area contributed by atoms with Gasteiger partial charge in [0.15, 0.2) is 0 Å². The average molecular weight is 250 g/mol. The van der Waals surface area contributed by atoms with Crippen molar-refractivity contribution in [2.45, 2.75) is 30.8 Å². The molecule has 0 spiro atoms. The molecule has 3 heteroatoms. The Morgan fingerprint density at radius 2 is 2.12 bits per heavy atom. The topological polar surface area (TPSA) is 15.3 Å². The van der Waals surface area contributed by atoms with E-state index in [1.165, 1.54) is 23.4 Å². The number of hydrogen-bond donors (Lipinski definition) is 1. The normalized spacial score (nSPS) is 20.1. The number of hydrogen-bond acceptors (Lipinski definition) is 3. The van der Waals surface area contributed by atoms with Gasteiger partial charge in [-0.2, -0.15) is 0 Å². The summed E-state index contributed by atoms with van der Waals surface area (Å²) in [5.74, 6) is 0. The maximum atomic E-state index is 3.45. The Kier molecular flexibility index (Phi) is 4.89. The van der Waals surface area contributed by atoms with E-state index in [2.05, 4.69) is 47.7 Å². The molecule has 1 atom stereocenters. The van der Waals surface area contributed by atoms with Crippen LogP contribution in [0.4, 0.5) is 0 Å². The van der Waals surface area contributed by atoms with E-state index in [1.54, 1.807) is 11.8 Å². The second-order valence-electron chi connectivity index (χ2n) is 4.56. The van der Waals surface area contributed by atoms with Crippen molar-refractivity contribution in [1.82, 2.24) is 10.2 Å². The fourth-order valence-electron chi connectivity index (χ4n) is 2.42. The van der Waals surface area contributed by atoms with E-state index in [9.17, 15) is 0 Å². The minimum atomic E-state index is 0.722. The molecule has 2 rings (SSSR count). The summed E-state index contributed by atoms with van der Waals surface area (Å²) >= 11 is 1.80. The molecule has 0 saturated carbocycles. The van der Waals surface area contributed by atoms with Gasteiger partial charge in [-0.05, 0) is 43.5 Å². The van der Waals surface area contributed by atoms with Gasteiger partial charge >= 0.3 is 0 Å². The van der Waals surface area contributed by atoms with E-state index in [-0.39, 0.29) is 0 Å². The summed E-state index contributed by atoms with van der Waals surface area (Å²) in [5.41, 5.74) is 1.43. The molecule has 0 amide bonds. The van der Waals surface area contributed by atoms with Crippen molar-refractivity contribution >= 4 is 11.8 Å². The molecule has 1 heterocycles. The van der Waals surface area contributed by atoms with Gasteiger partial charge < -0.3 is 5.32 Å². The molecular weight excluding hydrogens is 228 g/mol. The van der Waals surface area contributed by atoms with Crippen LogP contribution in [0.3, 0.4) is 0 Å². The fraction of sp³-hybridized carbons (Fsp3) is 0.571. The molecule has 0 aromatic heterocycles. The van der Waals surface area contributed by atoms with Crippen LogP contribution in [0.1, 0.15) is 18.9 Å². The molecule has 1 aromatic rings. The summed E-state index contributed by atoms with van der Waals surface area (Å²) in [5, 5.41) is 3.45. The number of rotatable bonds is 5. The quantitative estimate of drug-likeness (QED) is 0.809. The van der Waals surface area contributed by atoms with E-state index in [1.807, 2.05) is 0 Å². The van der Waals surface area contributed by atoms with Gasteiger partial charge in [-0.3, -0.25) is 4.90 Å². The fourth-order valence-corrected chi connectivity index (χ4v) is 2.82. The molecule has 0 aliphatic carbocycles. The first-order chi connectivity index (χ1) is 8.33. The third kappa shape index (κ3) is 3.47. The van der Waals surface area contributed by atoms with Gasteiger partial charge in [0, 0.05) is 24.0 Å². The first-order valence-electron chi connectivity index (χ1n) is 6.41. The lowest BCUT2D eigenvalue weighted by Crippen LogP contribution is -2.36. The van der Waals surface area contributed by atoms with Gasteiger partial charge in [-0.15, -0.1) is 11.8 Å². The van der Waals surface area contributed by atoms with Crippen LogP contribution in [0.5, 0.6) is 0 Å². The van der Waals surface area contributed by atoms with Crippen molar-refractivity contribution in [3.8, 4) is 0 Å². The van der Waals surface area contributed by atoms with Crippen molar-refractivity contribution in [1.29, 1.82) is 0 Å². The second kappa shape index (κ2) is 6.43. The molecule has 1 aliphatic heterocycles. The molecule has 1 fully saturated rings. The average Bonchev–Trinajstić information content (AvgIpc) is 2.90. The van der Waals surface area contributed by atoms with Gasteiger partial charge in [0.25, 0.3) is 0 Å². The van der Waals surface area contributed by atoms with Crippen molar-refractivity contribution in [3.05, 3.63) is 29.8 Å². The highest BCUT2D eigenvalue weighted by atomic mass is 32.2. The molecule has 17 heavy (non-hydrogen) atoms. The van der Waals surface area contributed by atoms with Crippen LogP contribution in [-0.4, -0.2) is 36.8 Å². The van der Waals surface area contributed by atoms with Crippen molar-refractivity contribution < 1.29 is 0 Å². The molecule has 94 valence electrons. The van der Waals surface area contributed by atoms with Crippen LogP contribution >= 0.6 is 11.8 Å². The molecular formula is C14H22N2S. The maximum Gasteiger partial charge on any atom is 0.0237 e. The molecule has 1 N–H and O–H groups in total. The summed E-state index contributed by atoms with van der Waals surface area (Å²) in [6, 6.07) is 9.69. The van der Waals surface area contributed by atoms with Crippen LogP contribution in [0, 0.1) is 0 Å². The summed E-state index contributed by atoms with van der Waals surface area (Å²) in [6.07, 6.45) is 3.41. The highest BCUT2D eigenvalue weighted by Gasteiger charge is 2.20. The number of nitrogens with one attached hydrogen (secondary N) is 1. The molecule has 1 aliphatic rings. The van der Waals surface area contributed by atoms with Crippen molar-refractivity contribution in [3.63, 3.8) is 0 Å². The van der Waals surface area contributed by atoms with E-state index < -0.39 is 0 Å². The van der Waals surface area contributed by atoms with E-state index in [4.69, 9.17) is 0 Å². The Balaban J connectivity index is 1.96. The molecule has 1 saturated heterocycles. The zero-order valence-electron chi connectivity index (χ0n) is 10.8. The molecule has 0 bridgehead atoms. The van der Waals surface area contributed by atoms with Crippen LogP contribution in [0.25, 0.3) is 0 Å². The smallest absolute Gasteiger partial charge is 0.0237 e. The van der Waals surface area contributed by atoms with Crippen LogP contribution in [-0.2, 0) is 6.54 Å². The highest BCUT2D eigenvalue weighted by molar-refractivity contribution is 7.98. The lowest BCUT2D eigenvalue weighted by molar-refractivity contribution is 0.210. The van der Waals surface area contributed by atoms with Crippen LogP contribution in [0.2, 0.25) is 0 Å². The summed E-state index contributed by atoms with van der Waals surface area (Å²) in [6.45, 7) is 6.80. The Morgan fingerprint density at radius 3 is 2.65 bits per heavy atom. The standard InChI is InChI=1S/C14H22N2S/c1-3-16(13-8-9-15-10-13)11-12-4-6-14(17-2)7-5-12/h4-7,13,15H,3,8-11H2,1-2H3. The SMILES string of the molecule is CCN(Cc1ccc(SC)cc1)C1CCNC1. The number of likely N-dealkylation sites (N-methyl/N-ethyl adjacent to an activating group) is 1. The van der Waals surface area contributed by atoms with Gasteiger partial charge in [0.1, 0.15) is 0 Å². The second-order valence-corrected chi connectivity index (χ2v) is 5.44. The summed E-state index contributed by atoms with van der Waals surface area (Å²) in [7, 11) is 0. The molecule has 1 aromatic carbocycles. The molecule has 0 radical (unpaired) electrons. The minimum Gasteiger partial charge on any atom is -0.315 e. The van der Waals surface area contributed by atoms with Crippen LogP contribution in [0.15, 0.2) is 29.2 Å². The van der Waals surface area contributed by atoms with Gasteiger partial charge in [-0.25, -0.2) is 0 Å². The van der Waals surface area contributed by atoms with Gasteiger partial charge in [0.05, 0.1) is 0 Å². The van der Waals surface area contributed by atoms with Crippen molar-refractivity contribution in [2.75, 3.05) is 25.9 Å².